The summed E-state index contributed by atoms with van der Waals surface area (Å²) in [5, 5.41) is 0.296. The molecule has 53 valence electrons. The topological polar surface area (TPSA) is 9.23 Å². The zero-order valence-electron chi connectivity index (χ0n) is 6.31. The van der Waals surface area contributed by atoms with Crippen LogP contribution in [0, 0.1) is 6.04 Å². The van der Waals surface area contributed by atoms with Gasteiger partial charge in [0.25, 0.3) is 0 Å². The van der Waals surface area contributed by atoms with Crippen molar-refractivity contribution in [3.63, 3.8) is 0 Å². The molecular formula is C6H15OSi2. The molecule has 1 radical (unpaired) electrons. The molecule has 0 aliphatic carbocycles. The maximum atomic E-state index is 5.66. The van der Waals surface area contributed by atoms with Crippen LogP contribution in [0.15, 0.2) is 0 Å². The highest BCUT2D eigenvalue weighted by atomic mass is 28.2. The molecule has 0 saturated carbocycles. The molecule has 1 fully saturated rings. The van der Waals surface area contributed by atoms with Crippen LogP contribution in [-0.4, -0.2) is 32.3 Å². The smallest absolute Gasteiger partial charge is 0.0482 e. The fraction of sp³-hybridized carbons (Fsp3) is 0.833. The SMILES string of the molecule is [SiH3][CH]C1([SiH3])CCCCO1. The maximum Gasteiger partial charge on any atom is 0.0482 e. The molecule has 0 aromatic carbocycles. The first-order valence-corrected chi connectivity index (χ1v) is 5.87. The van der Waals surface area contributed by atoms with Crippen molar-refractivity contribution in [2.75, 3.05) is 6.61 Å². The Labute approximate surface area is 63.0 Å². The Bertz CT molecular complexity index is 89.1. The third-order valence-electron chi connectivity index (χ3n) is 2.11. The molecule has 1 nitrogen and oxygen atoms in total. The van der Waals surface area contributed by atoms with Gasteiger partial charge in [0.1, 0.15) is 0 Å². The Balaban J connectivity index is 2.37. The first-order chi connectivity index (χ1) is 4.27. The Hall–Kier alpha value is 0.394. The summed E-state index contributed by atoms with van der Waals surface area (Å²) >= 11 is 0. The first kappa shape index (κ1) is 7.50. The third kappa shape index (κ3) is 1.91. The van der Waals surface area contributed by atoms with Crippen LogP contribution in [0.1, 0.15) is 19.3 Å². The van der Waals surface area contributed by atoms with Crippen LogP contribution in [0.3, 0.4) is 0 Å². The second kappa shape index (κ2) is 2.99. The summed E-state index contributed by atoms with van der Waals surface area (Å²) in [6, 6.07) is 2.36. The van der Waals surface area contributed by atoms with E-state index in [0.29, 0.717) is 5.22 Å². The summed E-state index contributed by atoms with van der Waals surface area (Å²) in [7, 11) is 2.38. The van der Waals surface area contributed by atoms with Crippen molar-refractivity contribution < 1.29 is 4.74 Å². The molecule has 0 amide bonds. The van der Waals surface area contributed by atoms with E-state index in [-0.39, 0.29) is 0 Å². The van der Waals surface area contributed by atoms with E-state index in [1.54, 1.807) is 0 Å². The molecule has 1 saturated heterocycles. The van der Waals surface area contributed by atoms with Crippen molar-refractivity contribution in [1.82, 2.24) is 0 Å². The van der Waals surface area contributed by atoms with Gasteiger partial charge in [-0.2, -0.15) is 0 Å². The fourth-order valence-corrected chi connectivity index (χ4v) is 2.20. The molecule has 9 heavy (non-hydrogen) atoms. The van der Waals surface area contributed by atoms with Gasteiger partial charge < -0.3 is 4.74 Å². The minimum atomic E-state index is 0.296. The molecule has 1 heterocycles. The number of hydrogen-bond donors (Lipinski definition) is 0. The maximum absolute atomic E-state index is 5.66. The van der Waals surface area contributed by atoms with Crippen molar-refractivity contribution in [2.24, 2.45) is 0 Å². The molecule has 3 heteroatoms. The lowest BCUT2D eigenvalue weighted by Gasteiger charge is -2.32. The minimum Gasteiger partial charge on any atom is -0.380 e. The molecular weight excluding hydrogens is 144 g/mol. The second-order valence-corrected chi connectivity index (χ2v) is 5.18. The van der Waals surface area contributed by atoms with Gasteiger partial charge in [-0.3, -0.25) is 0 Å². The van der Waals surface area contributed by atoms with Gasteiger partial charge in [-0.25, -0.2) is 0 Å². The number of hydrogen-bond acceptors (Lipinski definition) is 1. The highest BCUT2D eigenvalue weighted by Gasteiger charge is 2.24. The van der Waals surface area contributed by atoms with Crippen molar-refractivity contribution in [1.29, 1.82) is 0 Å². The van der Waals surface area contributed by atoms with Crippen molar-refractivity contribution in [3.8, 4) is 0 Å². The van der Waals surface area contributed by atoms with Gasteiger partial charge in [0.15, 0.2) is 0 Å². The molecule has 0 bridgehead atoms. The van der Waals surface area contributed by atoms with E-state index in [9.17, 15) is 0 Å². The lowest BCUT2D eigenvalue weighted by molar-refractivity contribution is 0.0100. The summed E-state index contributed by atoms with van der Waals surface area (Å²) in [5.41, 5.74) is 0. The Morgan fingerprint density at radius 3 is 2.56 bits per heavy atom. The number of ether oxygens (including phenoxy) is 1. The Morgan fingerprint density at radius 2 is 2.22 bits per heavy atom. The molecule has 0 aromatic heterocycles. The van der Waals surface area contributed by atoms with Crippen LogP contribution in [0.5, 0.6) is 0 Å². The van der Waals surface area contributed by atoms with Gasteiger partial charge in [0.2, 0.25) is 0 Å². The van der Waals surface area contributed by atoms with Gasteiger partial charge >= 0.3 is 0 Å². The molecule has 1 aliphatic rings. The minimum absolute atomic E-state index is 0.296. The highest BCUT2D eigenvalue weighted by molar-refractivity contribution is 6.25. The van der Waals surface area contributed by atoms with Crippen molar-refractivity contribution >= 4 is 20.5 Å². The van der Waals surface area contributed by atoms with E-state index >= 15 is 0 Å². The Kier molecular flexibility index (Phi) is 2.49. The van der Waals surface area contributed by atoms with Gasteiger partial charge in [0.05, 0.1) is 0 Å². The van der Waals surface area contributed by atoms with E-state index in [1.165, 1.54) is 39.7 Å². The average Bonchev–Trinajstić information content (AvgIpc) is 1.90. The average molecular weight is 159 g/mol. The molecule has 0 spiro atoms. The summed E-state index contributed by atoms with van der Waals surface area (Å²) in [5.74, 6) is 0. The van der Waals surface area contributed by atoms with Crippen LogP contribution in [0.2, 0.25) is 0 Å². The van der Waals surface area contributed by atoms with E-state index in [4.69, 9.17) is 4.74 Å². The molecule has 1 unspecified atom stereocenters. The van der Waals surface area contributed by atoms with E-state index in [2.05, 4.69) is 6.04 Å². The lowest BCUT2D eigenvalue weighted by Crippen LogP contribution is -2.37. The normalized spacial score (nSPS) is 37.3. The highest BCUT2D eigenvalue weighted by Crippen LogP contribution is 2.22. The summed E-state index contributed by atoms with van der Waals surface area (Å²) in [4.78, 5) is 0. The number of rotatable bonds is 1. The lowest BCUT2D eigenvalue weighted by atomic mass is 10.1. The quantitative estimate of drug-likeness (QED) is 0.436. The Morgan fingerprint density at radius 1 is 1.44 bits per heavy atom. The molecule has 0 N–H and O–H groups in total. The first-order valence-electron chi connectivity index (χ1n) is 3.71. The summed E-state index contributed by atoms with van der Waals surface area (Å²) in [6.45, 7) is 1.00. The van der Waals surface area contributed by atoms with Gasteiger partial charge in [-0.15, -0.1) is 0 Å². The fourth-order valence-electron chi connectivity index (χ4n) is 1.18. The molecule has 1 rings (SSSR count). The van der Waals surface area contributed by atoms with E-state index < -0.39 is 0 Å². The summed E-state index contributed by atoms with van der Waals surface area (Å²) in [6.07, 6.45) is 3.95. The van der Waals surface area contributed by atoms with Crippen LogP contribution in [0.25, 0.3) is 0 Å². The van der Waals surface area contributed by atoms with Crippen LogP contribution >= 0.6 is 0 Å². The van der Waals surface area contributed by atoms with Crippen LogP contribution < -0.4 is 0 Å². The van der Waals surface area contributed by atoms with Crippen LogP contribution in [0.4, 0.5) is 0 Å². The predicted octanol–water partition coefficient (Wildman–Crippen LogP) is -1.22. The molecule has 1 aliphatic heterocycles. The van der Waals surface area contributed by atoms with Gasteiger partial charge in [-0.05, 0) is 25.3 Å². The zero-order valence-corrected chi connectivity index (χ0v) is 10.3. The van der Waals surface area contributed by atoms with Gasteiger partial charge in [-0.1, -0.05) is 0 Å². The van der Waals surface area contributed by atoms with Crippen molar-refractivity contribution in [2.45, 2.75) is 24.5 Å². The molecule has 0 aromatic rings. The van der Waals surface area contributed by atoms with Crippen molar-refractivity contribution in [3.05, 3.63) is 6.04 Å². The van der Waals surface area contributed by atoms with Crippen LogP contribution in [-0.2, 0) is 4.74 Å². The van der Waals surface area contributed by atoms with E-state index in [0.717, 1.165) is 6.61 Å². The molecule has 1 atom stereocenters. The zero-order chi connectivity index (χ0) is 6.74. The largest absolute Gasteiger partial charge is 0.380 e. The van der Waals surface area contributed by atoms with Gasteiger partial charge in [0, 0.05) is 32.3 Å². The summed E-state index contributed by atoms with van der Waals surface area (Å²) < 4.78 is 5.66. The third-order valence-corrected chi connectivity index (χ3v) is 5.85. The van der Waals surface area contributed by atoms with E-state index in [1.807, 2.05) is 0 Å². The monoisotopic (exact) mass is 159 g/mol. The second-order valence-electron chi connectivity index (χ2n) is 2.91. The standard InChI is InChI=1S/C6H15OSi2/c8-5-6(9)3-1-2-4-7-6/h5H,1-4H2,8-9H3. The predicted molar refractivity (Wildman–Crippen MR) is 46.7 cm³/mol.